The van der Waals surface area contributed by atoms with Crippen molar-refractivity contribution in [3.63, 3.8) is 0 Å². The van der Waals surface area contributed by atoms with E-state index in [1.165, 1.54) is 6.07 Å². The van der Waals surface area contributed by atoms with E-state index in [1.807, 2.05) is 37.3 Å². The number of urea groups is 1. The number of fused-ring (bicyclic) bond motifs is 2. The monoisotopic (exact) mass is 556 g/mol. The minimum absolute atomic E-state index is 0.0188. The number of aliphatic hydroxyl groups excluding tert-OH is 1. The number of sulfonamides is 1. The number of piperidine rings is 1. The highest BCUT2D eigenvalue weighted by Crippen LogP contribution is 2.37. The molecule has 2 fully saturated rings. The Balaban J connectivity index is 1.47. The normalized spacial score (nSPS) is 24.6. The number of benzene rings is 2. The van der Waals surface area contributed by atoms with Crippen molar-refractivity contribution in [2.24, 2.45) is 0 Å². The van der Waals surface area contributed by atoms with Gasteiger partial charge in [0, 0.05) is 44.6 Å². The Morgan fingerprint density at radius 2 is 1.87 bits per heavy atom. The van der Waals surface area contributed by atoms with Gasteiger partial charge in [-0.1, -0.05) is 43.3 Å². The summed E-state index contributed by atoms with van der Waals surface area (Å²) in [7, 11) is -4.14. The van der Waals surface area contributed by atoms with Gasteiger partial charge in [-0.15, -0.1) is 0 Å². The van der Waals surface area contributed by atoms with Gasteiger partial charge in [-0.25, -0.2) is 13.2 Å². The first-order valence-electron chi connectivity index (χ1n) is 13.6. The topological polar surface area (TPSA) is 128 Å². The van der Waals surface area contributed by atoms with Crippen molar-refractivity contribution in [2.75, 3.05) is 32.8 Å². The molecule has 3 N–H and O–H groups in total. The molecule has 0 saturated carbocycles. The molecular formula is C28H36N4O6S. The Kier molecular flexibility index (Phi) is 7.84. The molecule has 0 aromatic heterocycles. The third-order valence-corrected chi connectivity index (χ3v) is 9.85. The molecule has 2 atom stereocenters. The Bertz CT molecular complexity index is 1310. The Hall–Kier alpha value is -3.15. The van der Waals surface area contributed by atoms with Gasteiger partial charge in [0.15, 0.2) is 0 Å². The summed E-state index contributed by atoms with van der Waals surface area (Å²) in [6.07, 6.45) is 1.39. The van der Waals surface area contributed by atoms with E-state index in [-0.39, 0.29) is 36.2 Å². The van der Waals surface area contributed by atoms with Gasteiger partial charge in [0.05, 0.1) is 12.7 Å². The fourth-order valence-electron chi connectivity index (χ4n) is 5.68. The van der Waals surface area contributed by atoms with Crippen LogP contribution < -0.4 is 15.4 Å². The number of ether oxygens (including phenoxy) is 1. The van der Waals surface area contributed by atoms with Gasteiger partial charge in [-0.05, 0) is 42.5 Å². The zero-order valence-corrected chi connectivity index (χ0v) is 23.0. The van der Waals surface area contributed by atoms with Crippen molar-refractivity contribution < 1.29 is 27.9 Å². The maximum atomic E-state index is 13.9. The van der Waals surface area contributed by atoms with Crippen LogP contribution in [0.3, 0.4) is 0 Å². The van der Waals surface area contributed by atoms with Crippen LogP contribution in [0.4, 0.5) is 4.79 Å². The summed E-state index contributed by atoms with van der Waals surface area (Å²) in [6, 6.07) is 13.4. The lowest BCUT2D eigenvalue weighted by Crippen LogP contribution is -2.60. The van der Waals surface area contributed by atoms with Crippen LogP contribution in [-0.2, 0) is 14.8 Å². The lowest BCUT2D eigenvalue weighted by atomic mass is 9.84. The predicted octanol–water partition coefficient (Wildman–Crippen LogP) is 2.33. The number of nitrogens with one attached hydrogen (secondary N) is 2. The van der Waals surface area contributed by atoms with Gasteiger partial charge in [0.25, 0.3) is 0 Å². The van der Waals surface area contributed by atoms with Crippen molar-refractivity contribution in [3.8, 4) is 16.9 Å². The molecule has 3 aliphatic rings. The molecular weight excluding hydrogens is 520 g/mol. The summed E-state index contributed by atoms with van der Waals surface area (Å²) in [5.74, 6) is -0.208. The lowest BCUT2D eigenvalue weighted by molar-refractivity contribution is -0.127. The fraction of sp³-hybridized carbons (Fsp3) is 0.500. The smallest absolute Gasteiger partial charge is 0.317 e. The number of rotatable bonds is 3. The van der Waals surface area contributed by atoms with Gasteiger partial charge in [0.1, 0.15) is 16.7 Å². The molecule has 3 amide bonds. The molecule has 1 spiro atoms. The number of carbonyl (C=O) groups is 2. The summed E-state index contributed by atoms with van der Waals surface area (Å²) in [5.41, 5.74) is 1.07. The van der Waals surface area contributed by atoms with Crippen LogP contribution in [0, 0.1) is 0 Å². The number of likely N-dealkylation sites (tertiary alicyclic amines) is 1. The summed E-state index contributed by atoms with van der Waals surface area (Å²) in [5, 5.41) is 16.5. The standard InChI is InChI=1S/C28H36N4O6S/c1-2-13-29-27(35)31-14-10-28(11-15-31)12-16-38-24-17-21(20-6-4-3-5-7-20)8-9-25(24)39(36,37)32-19-22(33)18-23(32)26(34)30-28/h3-9,17,22-23,33H,2,10-16,18-19H2,1H3,(H,29,35)(H,30,34)/t22-,23+/m1/s1. The Labute approximate surface area is 229 Å². The molecule has 11 heteroatoms. The zero-order chi connectivity index (χ0) is 27.6. The fourth-order valence-corrected chi connectivity index (χ4v) is 7.43. The predicted molar refractivity (Wildman–Crippen MR) is 146 cm³/mol. The van der Waals surface area contributed by atoms with Gasteiger partial charge in [-0.2, -0.15) is 4.31 Å². The SMILES string of the molecule is CCCNC(=O)N1CCC2(CCOc3cc(-c4ccccc4)ccc3S(=O)(=O)N3C[C@H](O)C[C@H]3C(=O)N2)CC1. The van der Waals surface area contributed by atoms with E-state index in [2.05, 4.69) is 10.6 Å². The van der Waals surface area contributed by atoms with Gasteiger partial charge >= 0.3 is 6.03 Å². The number of aliphatic hydroxyl groups is 1. The van der Waals surface area contributed by atoms with Crippen molar-refractivity contribution in [1.82, 2.24) is 19.8 Å². The van der Waals surface area contributed by atoms with Gasteiger partial charge in [-0.3, -0.25) is 4.79 Å². The van der Waals surface area contributed by atoms with Crippen LogP contribution in [0.2, 0.25) is 0 Å². The van der Waals surface area contributed by atoms with Crippen LogP contribution >= 0.6 is 0 Å². The molecule has 5 rings (SSSR count). The van der Waals surface area contributed by atoms with Crippen molar-refractivity contribution in [1.29, 1.82) is 0 Å². The molecule has 3 aliphatic heterocycles. The highest BCUT2D eigenvalue weighted by molar-refractivity contribution is 7.89. The van der Waals surface area contributed by atoms with Gasteiger partial charge in [0.2, 0.25) is 15.9 Å². The van der Waals surface area contributed by atoms with Crippen molar-refractivity contribution >= 4 is 22.0 Å². The Morgan fingerprint density at radius 3 is 2.59 bits per heavy atom. The molecule has 0 unspecified atom stereocenters. The second-order valence-electron chi connectivity index (χ2n) is 10.6. The summed E-state index contributed by atoms with van der Waals surface area (Å²) >= 11 is 0. The third kappa shape index (κ3) is 5.61. The summed E-state index contributed by atoms with van der Waals surface area (Å²) < 4.78 is 35.0. The first-order valence-corrected chi connectivity index (χ1v) is 15.0. The van der Waals surface area contributed by atoms with Crippen molar-refractivity contribution in [2.45, 2.75) is 61.6 Å². The molecule has 3 heterocycles. The van der Waals surface area contributed by atoms with E-state index in [0.717, 1.165) is 21.9 Å². The molecule has 210 valence electrons. The van der Waals surface area contributed by atoms with Crippen LogP contribution in [0.25, 0.3) is 11.1 Å². The summed E-state index contributed by atoms with van der Waals surface area (Å²) in [6.45, 7) is 3.53. The second-order valence-corrected chi connectivity index (χ2v) is 12.5. The van der Waals surface area contributed by atoms with E-state index in [4.69, 9.17) is 4.74 Å². The van der Waals surface area contributed by atoms with E-state index < -0.39 is 33.6 Å². The minimum Gasteiger partial charge on any atom is -0.492 e. The molecule has 2 aromatic rings. The molecule has 2 saturated heterocycles. The first-order chi connectivity index (χ1) is 18.7. The number of hydrogen-bond acceptors (Lipinski definition) is 6. The first kappa shape index (κ1) is 27.4. The largest absolute Gasteiger partial charge is 0.492 e. The van der Waals surface area contributed by atoms with E-state index in [9.17, 15) is 23.1 Å². The zero-order valence-electron chi connectivity index (χ0n) is 22.1. The molecule has 39 heavy (non-hydrogen) atoms. The average molecular weight is 557 g/mol. The highest BCUT2D eigenvalue weighted by atomic mass is 32.2. The Morgan fingerprint density at radius 1 is 1.13 bits per heavy atom. The number of amides is 3. The highest BCUT2D eigenvalue weighted by Gasteiger charge is 2.47. The molecule has 0 radical (unpaired) electrons. The maximum absolute atomic E-state index is 13.9. The maximum Gasteiger partial charge on any atom is 0.317 e. The lowest BCUT2D eigenvalue weighted by Gasteiger charge is -2.43. The second kappa shape index (κ2) is 11.1. The average Bonchev–Trinajstić information content (AvgIpc) is 3.34. The van der Waals surface area contributed by atoms with E-state index >= 15 is 0 Å². The van der Waals surface area contributed by atoms with E-state index in [0.29, 0.717) is 38.9 Å². The quantitative estimate of drug-likeness (QED) is 0.533. The minimum atomic E-state index is -4.14. The van der Waals surface area contributed by atoms with Crippen LogP contribution in [0.1, 0.15) is 39.0 Å². The van der Waals surface area contributed by atoms with Gasteiger partial charge < -0.3 is 25.4 Å². The van der Waals surface area contributed by atoms with Crippen molar-refractivity contribution in [3.05, 3.63) is 48.5 Å². The third-order valence-electron chi connectivity index (χ3n) is 7.93. The molecule has 2 aromatic carbocycles. The molecule has 10 nitrogen and oxygen atoms in total. The molecule has 0 bridgehead atoms. The number of hydrogen-bond donors (Lipinski definition) is 3. The summed E-state index contributed by atoms with van der Waals surface area (Å²) in [4.78, 5) is 27.8. The molecule has 0 aliphatic carbocycles. The van der Waals surface area contributed by atoms with E-state index in [1.54, 1.807) is 17.0 Å². The number of carbonyl (C=O) groups excluding carboxylic acids is 2. The van der Waals surface area contributed by atoms with Crippen LogP contribution in [0.5, 0.6) is 5.75 Å². The number of nitrogens with zero attached hydrogens (tertiary/aromatic N) is 2. The van der Waals surface area contributed by atoms with Crippen LogP contribution in [0.15, 0.2) is 53.4 Å². The van der Waals surface area contributed by atoms with Crippen LogP contribution in [-0.4, -0.2) is 85.1 Å².